The number of hydrazone groups is 1. The lowest BCUT2D eigenvalue weighted by molar-refractivity contribution is 0.0740. The maximum Gasteiger partial charge on any atom is 0.355 e. The van der Waals surface area contributed by atoms with E-state index in [9.17, 15) is 4.79 Å². The zero-order valence-electron chi connectivity index (χ0n) is 16.3. The van der Waals surface area contributed by atoms with Crippen LogP contribution in [0, 0.1) is 0 Å². The van der Waals surface area contributed by atoms with E-state index in [1.807, 2.05) is 42.5 Å². The fourth-order valence-corrected chi connectivity index (χ4v) is 4.59. The predicted octanol–water partition coefficient (Wildman–Crippen LogP) is 6.75. The second-order valence-electron chi connectivity index (χ2n) is 6.54. The molecular weight excluding hydrogens is 485 g/mol. The number of rotatable bonds is 5. The molecule has 0 saturated carbocycles. The molecule has 0 aliphatic carbocycles. The van der Waals surface area contributed by atoms with Crippen molar-refractivity contribution in [1.29, 1.82) is 0 Å². The van der Waals surface area contributed by atoms with E-state index < -0.39 is 5.97 Å². The zero-order valence-corrected chi connectivity index (χ0v) is 19.5. The fraction of sp³-hybridized carbons (Fsp3) is 0. The number of hydrogen-bond acceptors (Lipinski definition) is 5. The van der Waals surface area contributed by atoms with E-state index in [2.05, 4.69) is 15.8 Å². The number of anilines is 1. The van der Waals surface area contributed by atoms with Crippen molar-refractivity contribution in [2.75, 3.05) is 5.32 Å². The van der Waals surface area contributed by atoms with Crippen LogP contribution in [0.15, 0.2) is 77.9 Å². The summed E-state index contributed by atoms with van der Waals surface area (Å²) in [4.78, 5) is 13.0. The molecule has 2 N–H and O–H groups in total. The van der Waals surface area contributed by atoms with Crippen LogP contribution in [-0.4, -0.2) is 17.3 Å². The van der Waals surface area contributed by atoms with Crippen molar-refractivity contribution in [3.05, 3.63) is 93.3 Å². The molecule has 4 aromatic rings. The van der Waals surface area contributed by atoms with E-state index in [-0.39, 0.29) is 0 Å². The van der Waals surface area contributed by atoms with Gasteiger partial charge >= 0.3 is 5.97 Å². The number of benzene rings is 3. The van der Waals surface area contributed by atoms with Crippen LogP contribution in [0.2, 0.25) is 10.0 Å². The molecule has 0 aliphatic rings. The highest BCUT2D eigenvalue weighted by Gasteiger charge is 2.19. The van der Waals surface area contributed by atoms with Gasteiger partial charge in [0.1, 0.15) is 10.6 Å². The molecule has 1 aromatic heterocycles. The van der Waals surface area contributed by atoms with Crippen molar-refractivity contribution in [3.8, 4) is 5.75 Å². The fourth-order valence-electron chi connectivity index (χ4n) is 2.85. The van der Waals surface area contributed by atoms with Gasteiger partial charge in [-0.15, -0.1) is 11.3 Å². The van der Waals surface area contributed by atoms with Crippen LogP contribution in [0.1, 0.15) is 15.2 Å². The predicted molar refractivity (Wildman–Crippen MR) is 137 cm³/mol. The normalized spacial score (nSPS) is 10.9. The molecule has 160 valence electrons. The molecule has 4 rings (SSSR count). The molecule has 0 atom stereocenters. The maximum absolute atomic E-state index is 12.6. The SMILES string of the molecule is O=C(Oc1cccc(C=NNC(=S)Nc2cccc(Cl)c2)c1)c1sc2ccccc2c1Cl. The van der Waals surface area contributed by atoms with Crippen molar-refractivity contribution >= 4 is 79.8 Å². The number of carbonyl (C=O) groups is 1. The van der Waals surface area contributed by atoms with Crippen molar-refractivity contribution in [1.82, 2.24) is 5.43 Å². The summed E-state index contributed by atoms with van der Waals surface area (Å²) in [7, 11) is 0. The van der Waals surface area contributed by atoms with Gasteiger partial charge in [0.15, 0.2) is 5.11 Å². The van der Waals surface area contributed by atoms with Crippen LogP contribution in [-0.2, 0) is 0 Å². The molecule has 0 spiro atoms. The smallest absolute Gasteiger partial charge is 0.355 e. The Labute approximate surface area is 203 Å². The molecule has 0 bridgehead atoms. The molecule has 3 aromatic carbocycles. The van der Waals surface area contributed by atoms with Gasteiger partial charge in [0.2, 0.25) is 0 Å². The van der Waals surface area contributed by atoms with Gasteiger partial charge in [-0.1, -0.05) is 59.6 Å². The molecule has 32 heavy (non-hydrogen) atoms. The van der Waals surface area contributed by atoms with Gasteiger partial charge in [-0.3, -0.25) is 5.43 Å². The Bertz CT molecular complexity index is 1340. The summed E-state index contributed by atoms with van der Waals surface area (Å²) in [5.74, 6) is -0.123. The van der Waals surface area contributed by atoms with Crippen LogP contribution in [0.3, 0.4) is 0 Å². The highest BCUT2D eigenvalue weighted by atomic mass is 35.5. The Morgan fingerprint density at radius 3 is 2.66 bits per heavy atom. The second kappa shape index (κ2) is 10.1. The number of nitrogens with zero attached hydrogens (tertiary/aromatic N) is 1. The lowest BCUT2D eigenvalue weighted by Crippen LogP contribution is -2.23. The summed E-state index contributed by atoms with van der Waals surface area (Å²) >= 11 is 18.8. The van der Waals surface area contributed by atoms with Gasteiger partial charge in [0, 0.05) is 20.8 Å². The quantitative estimate of drug-likeness (QED) is 0.104. The lowest BCUT2D eigenvalue weighted by atomic mass is 10.2. The minimum Gasteiger partial charge on any atom is -0.422 e. The molecule has 1 heterocycles. The number of fused-ring (bicyclic) bond motifs is 1. The number of esters is 1. The summed E-state index contributed by atoms with van der Waals surface area (Å²) in [5, 5.41) is 9.24. The Hall–Kier alpha value is -2.97. The highest BCUT2D eigenvalue weighted by molar-refractivity contribution is 7.80. The van der Waals surface area contributed by atoms with Gasteiger partial charge in [0.25, 0.3) is 0 Å². The molecule has 0 aliphatic heterocycles. The van der Waals surface area contributed by atoms with E-state index >= 15 is 0 Å². The molecule has 0 radical (unpaired) electrons. The van der Waals surface area contributed by atoms with E-state index in [1.54, 1.807) is 36.5 Å². The van der Waals surface area contributed by atoms with Crippen molar-refractivity contribution in [2.24, 2.45) is 5.10 Å². The number of thiophene rings is 1. The van der Waals surface area contributed by atoms with Gasteiger partial charge in [-0.05, 0) is 54.2 Å². The summed E-state index contributed by atoms with van der Waals surface area (Å²) in [5.41, 5.74) is 4.20. The first-order chi connectivity index (χ1) is 15.5. The van der Waals surface area contributed by atoms with Crippen LogP contribution in [0.5, 0.6) is 5.75 Å². The van der Waals surface area contributed by atoms with Crippen molar-refractivity contribution in [3.63, 3.8) is 0 Å². The van der Waals surface area contributed by atoms with Gasteiger partial charge in [-0.2, -0.15) is 5.10 Å². The summed E-state index contributed by atoms with van der Waals surface area (Å²) in [6.07, 6.45) is 1.57. The van der Waals surface area contributed by atoms with Crippen LogP contribution < -0.4 is 15.5 Å². The lowest BCUT2D eigenvalue weighted by Gasteiger charge is -2.07. The Balaban J connectivity index is 1.39. The number of nitrogens with one attached hydrogen (secondary N) is 2. The van der Waals surface area contributed by atoms with Crippen molar-refractivity contribution < 1.29 is 9.53 Å². The summed E-state index contributed by atoms with van der Waals surface area (Å²) < 4.78 is 6.45. The third-order valence-electron chi connectivity index (χ3n) is 4.25. The molecular formula is C23H15Cl2N3O2S2. The minimum atomic E-state index is -0.504. The molecule has 0 saturated heterocycles. The third-order valence-corrected chi connectivity index (χ3v) is 6.34. The van der Waals surface area contributed by atoms with E-state index in [4.69, 9.17) is 40.2 Å². The zero-order chi connectivity index (χ0) is 22.5. The summed E-state index contributed by atoms with van der Waals surface area (Å²) in [6.45, 7) is 0. The first-order valence-corrected chi connectivity index (χ1v) is 11.3. The van der Waals surface area contributed by atoms with Gasteiger partial charge < -0.3 is 10.1 Å². The topological polar surface area (TPSA) is 62.7 Å². The molecule has 9 heteroatoms. The van der Waals surface area contributed by atoms with E-state index in [0.29, 0.717) is 25.8 Å². The van der Waals surface area contributed by atoms with E-state index in [1.165, 1.54) is 11.3 Å². The first-order valence-electron chi connectivity index (χ1n) is 9.34. The Kier molecular flexibility index (Phi) is 7.02. The number of ether oxygens (including phenoxy) is 1. The minimum absolute atomic E-state index is 0.311. The Morgan fingerprint density at radius 2 is 1.84 bits per heavy atom. The standard InChI is InChI=1S/C23H15Cl2N3O2S2/c24-15-6-4-7-16(12-15)27-23(31)28-26-13-14-5-3-8-17(11-14)30-22(29)21-20(25)18-9-1-2-10-19(18)32-21/h1-13H,(H2,27,28,31). The number of carbonyl (C=O) groups excluding carboxylic acids is 1. The average Bonchev–Trinajstić information content (AvgIpc) is 3.11. The maximum atomic E-state index is 12.6. The average molecular weight is 500 g/mol. The van der Waals surface area contributed by atoms with Gasteiger partial charge in [0.05, 0.1) is 11.2 Å². The first kappa shape index (κ1) is 22.2. The van der Waals surface area contributed by atoms with Gasteiger partial charge in [-0.25, -0.2) is 4.79 Å². The largest absolute Gasteiger partial charge is 0.422 e. The highest BCUT2D eigenvalue weighted by Crippen LogP contribution is 2.35. The Morgan fingerprint density at radius 1 is 1.03 bits per heavy atom. The molecule has 0 fully saturated rings. The second-order valence-corrected chi connectivity index (χ2v) is 8.81. The number of thiocarbonyl (C=S) groups is 1. The molecule has 5 nitrogen and oxygen atoms in total. The van der Waals surface area contributed by atoms with Crippen molar-refractivity contribution in [2.45, 2.75) is 0 Å². The summed E-state index contributed by atoms with van der Waals surface area (Å²) in [6, 6.07) is 21.7. The molecule has 0 unspecified atom stereocenters. The van der Waals surface area contributed by atoms with E-state index in [0.717, 1.165) is 21.3 Å². The van der Waals surface area contributed by atoms with Crippen LogP contribution >= 0.6 is 46.8 Å². The number of halogens is 2. The monoisotopic (exact) mass is 499 g/mol. The van der Waals surface area contributed by atoms with Crippen LogP contribution in [0.4, 0.5) is 5.69 Å². The number of hydrogen-bond donors (Lipinski definition) is 2. The molecule has 0 amide bonds. The van der Waals surface area contributed by atoms with Crippen LogP contribution in [0.25, 0.3) is 10.1 Å². The third kappa shape index (κ3) is 5.44.